The first-order valence-electron chi connectivity index (χ1n) is 4.61. The summed E-state index contributed by atoms with van der Waals surface area (Å²) in [4.78, 5) is 10.7. The Bertz CT molecular complexity index is 381. The quantitative estimate of drug-likeness (QED) is 0.469. The lowest BCUT2D eigenvalue weighted by molar-refractivity contribution is -0.132. The number of aliphatic hydroxyl groups excluding tert-OH is 1. The smallest absolute Gasteiger partial charge is 0.335 e. The average Bonchev–Trinajstić information content (AvgIpc) is 2.34. The van der Waals surface area contributed by atoms with Crippen LogP contribution in [0.4, 0.5) is 0 Å². The second-order valence-electron chi connectivity index (χ2n) is 2.85. The van der Waals surface area contributed by atoms with Crippen LogP contribution in [-0.4, -0.2) is 17.7 Å². The molecule has 0 unspecified atom stereocenters. The van der Waals surface area contributed by atoms with Crippen LogP contribution in [0, 0.1) is 0 Å². The fourth-order valence-electron chi connectivity index (χ4n) is 0.882. The van der Waals surface area contributed by atoms with Gasteiger partial charge in [-0.15, -0.1) is 0 Å². The summed E-state index contributed by atoms with van der Waals surface area (Å²) in [5, 5.41) is 9.28. The second-order valence-corrected chi connectivity index (χ2v) is 2.85. The van der Waals surface area contributed by atoms with Gasteiger partial charge in [0, 0.05) is 6.08 Å². The van der Waals surface area contributed by atoms with Crippen molar-refractivity contribution in [1.29, 1.82) is 0 Å². The first-order chi connectivity index (χ1) is 7.72. The summed E-state index contributed by atoms with van der Waals surface area (Å²) >= 11 is 0. The number of esters is 1. The van der Waals surface area contributed by atoms with E-state index in [0.29, 0.717) is 5.75 Å². The van der Waals surface area contributed by atoms with Crippen LogP contribution >= 0.6 is 0 Å². The van der Waals surface area contributed by atoms with Crippen LogP contribution in [0.2, 0.25) is 0 Å². The fourth-order valence-corrected chi connectivity index (χ4v) is 0.882. The minimum atomic E-state index is -0.633. The second kappa shape index (κ2) is 6.29. The van der Waals surface area contributed by atoms with Crippen LogP contribution in [0.25, 0.3) is 0 Å². The predicted molar refractivity (Wildman–Crippen MR) is 58.9 cm³/mol. The van der Waals surface area contributed by atoms with Gasteiger partial charge in [-0.1, -0.05) is 24.8 Å². The van der Waals surface area contributed by atoms with Gasteiger partial charge in [0.05, 0.1) is 0 Å². The highest BCUT2D eigenvalue weighted by Gasteiger charge is 1.98. The lowest BCUT2D eigenvalue weighted by atomic mass is 10.3. The Morgan fingerprint density at radius 1 is 1.38 bits per heavy atom. The number of carbonyl (C=O) groups excluding carboxylic acids is 1. The van der Waals surface area contributed by atoms with E-state index < -0.39 is 5.97 Å². The molecule has 0 spiro atoms. The molecule has 0 heterocycles. The van der Waals surface area contributed by atoms with Crippen molar-refractivity contribution < 1.29 is 19.4 Å². The molecule has 0 bridgehead atoms. The number of ether oxygens (including phenoxy) is 2. The van der Waals surface area contributed by atoms with E-state index in [1.807, 2.05) is 18.2 Å². The van der Waals surface area contributed by atoms with Crippen LogP contribution in [0.1, 0.15) is 0 Å². The number of rotatable bonds is 5. The zero-order valence-electron chi connectivity index (χ0n) is 8.63. The molecule has 4 nitrogen and oxygen atoms in total. The summed E-state index contributed by atoms with van der Waals surface area (Å²) in [6.45, 7) is 3.15. The predicted octanol–water partition coefficient (Wildman–Crippen LogP) is 2.19. The van der Waals surface area contributed by atoms with E-state index in [2.05, 4.69) is 11.3 Å². The normalized spacial score (nSPS) is 10.6. The van der Waals surface area contributed by atoms with Crippen LogP contribution in [-0.2, 0) is 9.53 Å². The van der Waals surface area contributed by atoms with Crippen molar-refractivity contribution in [1.82, 2.24) is 0 Å². The molecule has 0 aliphatic carbocycles. The monoisotopic (exact) mass is 220 g/mol. The van der Waals surface area contributed by atoms with Crippen LogP contribution < -0.4 is 4.74 Å². The lowest BCUT2D eigenvalue weighted by Gasteiger charge is -2.04. The summed E-state index contributed by atoms with van der Waals surface area (Å²) in [6, 6.07) is 8.99. The number of aliphatic hydroxyl groups is 1. The maximum atomic E-state index is 10.7. The number of hydrogen-bond donors (Lipinski definition) is 1. The van der Waals surface area contributed by atoms with E-state index in [-0.39, 0.29) is 12.4 Å². The summed E-state index contributed by atoms with van der Waals surface area (Å²) in [6.07, 6.45) is 1.93. The van der Waals surface area contributed by atoms with E-state index in [4.69, 9.17) is 4.74 Å². The molecule has 1 aromatic rings. The van der Waals surface area contributed by atoms with Gasteiger partial charge >= 0.3 is 5.97 Å². The van der Waals surface area contributed by atoms with Crippen molar-refractivity contribution in [3.63, 3.8) is 0 Å². The minimum absolute atomic E-state index is 0.0611. The van der Waals surface area contributed by atoms with Crippen molar-refractivity contribution in [2.24, 2.45) is 0 Å². The Kier molecular flexibility index (Phi) is 4.66. The van der Waals surface area contributed by atoms with Crippen LogP contribution in [0.3, 0.4) is 0 Å². The third kappa shape index (κ3) is 4.32. The van der Waals surface area contributed by atoms with Gasteiger partial charge in [0.1, 0.15) is 18.6 Å². The number of para-hydroxylation sites is 1. The Balaban J connectivity index is 2.38. The summed E-state index contributed by atoms with van der Waals surface area (Å²) < 4.78 is 9.69. The number of hydrogen-bond acceptors (Lipinski definition) is 4. The number of benzene rings is 1. The van der Waals surface area contributed by atoms with Crippen molar-refractivity contribution in [3.05, 3.63) is 55.0 Å². The van der Waals surface area contributed by atoms with Gasteiger partial charge in [-0.25, -0.2) is 4.79 Å². The van der Waals surface area contributed by atoms with Crippen LogP contribution in [0.15, 0.2) is 55.0 Å². The molecule has 0 fully saturated rings. The topological polar surface area (TPSA) is 55.8 Å². The minimum Gasteiger partial charge on any atom is -0.506 e. The number of carbonyl (C=O) groups is 1. The first-order valence-corrected chi connectivity index (χ1v) is 4.61. The molecule has 1 aromatic carbocycles. The van der Waals surface area contributed by atoms with E-state index >= 15 is 0 Å². The van der Waals surface area contributed by atoms with Gasteiger partial charge in [-0.05, 0) is 12.1 Å². The van der Waals surface area contributed by atoms with Crippen molar-refractivity contribution in [2.75, 3.05) is 6.61 Å². The molecule has 0 radical (unpaired) electrons. The SMILES string of the molecule is C=CC(=O)O/C=C(\O)COc1ccccc1. The molecule has 1 rings (SSSR count). The zero-order valence-corrected chi connectivity index (χ0v) is 8.63. The molecule has 0 amide bonds. The Hall–Kier alpha value is -2.23. The summed E-state index contributed by atoms with van der Waals surface area (Å²) in [7, 11) is 0. The van der Waals surface area contributed by atoms with Crippen molar-refractivity contribution >= 4 is 5.97 Å². The Morgan fingerprint density at radius 3 is 2.69 bits per heavy atom. The van der Waals surface area contributed by atoms with Gasteiger partial charge in [0.2, 0.25) is 0 Å². The lowest BCUT2D eigenvalue weighted by Crippen LogP contribution is -2.02. The maximum absolute atomic E-state index is 10.7. The van der Waals surface area contributed by atoms with Gasteiger partial charge in [0.15, 0.2) is 5.76 Å². The molecule has 4 heteroatoms. The fraction of sp³-hybridized carbons (Fsp3) is 0.0833. The highest BCUT2D eigenvalue weighted by Crippen LogP contribution is 2.09. The zero-order chi connectivity index (χ0) is 11.8. The average molecular weight is 220 g/mol. The molecule has 0 aliphatic heterocycles. The molecule has 0 atom stereocenters. The Labute approximate surface area is 93.4 Å². The Morgan fingerprint density at radius 2 is 2.06 bits per heavy atom. The maximum Gasteiger partial charge on any atom is 0.335 e. The molecule has 0 aliphatic rings. The van der Waals surface area contributed by atoms with E-state index in [1.54, 1.807) is 12.1 Å². The summed E-state index contributed by atoms with van der Waals surface area (Å²) in [5.74, 6) is -0.192. The molecule has 84 valence electrons. The van der Waals surface area contributed by atoms with Gasteiger partial charge in [-0.2, -0.15) is 0 Å². The van der Waals surface area contributed by atoms with Gasteiger partial charge < -0.3 is 14.6 Å². The van der Waals surface area contributed by atoms with E-state index in [1.165, 1.54) is 0 Å². The molecule has 0 saturated carbocycles. The standard InChI is InChI=1S/C12H12O4/c1-2-12(14)16-9-10(13)8-15-11-6-4-3-5-7-11/h2-7,9,13H,1,8H2/b10-9-. The van der Waals surface area contributed by atoms with E-state index in [0.717, 1.165) is 12.3 Å². The summed E-state index contributed by atoms with van der Waals surface area (Å²) in [5.41, 5.74) is 0. The van der Waals surface area contributed by atoms with E-state index in [9.17, 15) is 9.90 Å². The molecule has 0 saturated heterocycles. The molecular weight excluding hydrogens is 208 g/mol. The highest BCUT2D eigenvalue weighted by molar-refractivity contribution is 5.81. The molecule has 16 heavy (non-hydrogen) atoms. The third-order valence-corrected chi connectivity index (χ3v) is 1.61. The highest BCUT2D eigenvalue weighted by atomic mass is 16.5. The largest absolute Gasteiger partial charge is 0.506 e. The molecule has 1 N–H and O–H groups in total. The van der Waals surface area contributed by atoms with Crippen LogP contribution in [0.5, 0.6) is 5.75 Å². The molecular formula is C12H12O4. The van der Waals surface area contributed by atoms with Crippen molar-refractivity contribution in [3.8, 4) is 5.75 Å². The first kappa shape index (κ1) is 11.8. The van der Waals surface area contributed by atoms with Gasteiger partial charge in [0.25, 0.3) is 0 Å². The van der Waals surface area contributed by atoms with Crippen molar-refractivity contribution in [2.45, 2.75) is 0 Å². The third-order valence-electron chi connectivity index (χ3n) is 1.61. The molecule has 0 aromatic heterocycles. The van der Waals surface area contributed by atoms with Gasteiger partial charge in [-0.3, -0.25) is 0 Å².